The summed E-state index contributed by atoms with van der Waals surface area (Å²) in [6, 6.07) is 2.26. The van der Waals surface area contributed by atoms with Crippen molar-refractivity contribution in [3.05, 3.63) is 23.5 Å². The summed E-state index contributed by atoms with van der Waals surface area (Å²) >= 11 is 0. The maximum atomic E-state index is 13.1. The van der Waals surface area contributed by atoms with Crippen molar-refractivity contribution < 1.29 is 12.8 Å². The Hall–Kier alpha value is -1.14. The summed E-state index contributed by atoms with van der Waals surface area (Å²) in [5.41, 5.74) is 5.53. The van der Waals surface area contributed by atoms with Crippen LogP contribution >= 0.6 is 0 Å². The number of anilines is 1. The molecule has 0 radical (unpaired) electrons. The summed E-state index contributed by atoms with van der Waals surface area (Å²) in [4.78, 5) is 0.0276. The molecular formula is C10H15FN2O2S. The van der Waals surface area contributed by atoms with Crippen molar-refractivity contribution >= 4 is 15.7 Å². The van der Waals surface area contributed by atoms with Crippen LogP contribution in [0.25, 0.3) is 0 Å². The van der Waals surface area contributed by atoms with Crippen molar-refractivity contribution in [2.75, 3.05) is 12.3 Å². The van der Waals surface area contributed by atoms with Crippen LogP contribution in [0.2, 0.25) is 0 Å². The van der Waals surface area contributed by atoms with E-state index < -0.39 is 15.8 Å². The summed E-state index contributed by atoms with van der Waals surface area (Å²) in [5.74, 6) is -0.605. The lowest BCUT2D eigenvalue weighted by Crippen LogP contribution is -2.25. The third-order valence-corrected chi connectivity index (χ3v) is 3.73. The van der Waals surface area contributed by atoms with Gasteiger partial charge in [-0.25, -0.2) is 17.5 Å². The molecule has 0 fully saturated rings. The van der Waals surface area contributed by atoms with E-state index in [1.165, 1.54) is 6.92 Å². The number of hydrogen-bond acceptors (Lipinski definition) is 3. The second kappa shape index (κ2) is 4.80. The smallest absolute Gasteiger partial charge is 0.240 e. The van der Waals surface area contributed by atoms with E-state index in [0.717, 1.165) is 12.1 Å². The summed E-state index contributed by atoms with van der Waals surface area (Å²) in [5, 5.41) is 0. The first-order valence-electron chi connectivity index (χ1n) is 4.93. The molecule has 0 atom stereocenters. The van der Waals surface area contributed by atoms with Crippen LogP contribution in [0.3, 0.4) is 0 Å². The Morgan fingerprint density at radius 3 is 2.62 bits per heavy atom. The predicted molar refractivity (Wildman–Crippen MR) is 61.0 cm³/mol. The van der Waals surface area contributed by atoms with Crippen molar-refractivity contribution in [1.82, 2.24) is 4.72 Å². The molecule has 0 aliphatic heterocycles. The van der Waals surface area contributed by atoms with E-state index in [1.807, 2.05) is 6.92 Å². The molecule has 0 heterocycles. The van der Waals surface area contributed by atoms with Crippen molar-refractivity contribution in [2.24, 2.45) is 0 Å². The molecule has 6 heteroatoms. The van der Waals surface area contributed by atoms with Gasteiger partial charge in [0.05, 0.1) is 10.6 Å². The van der Waals surface area contributed by atoms with Gasteiger partial charge >= 0.3 is 0 Å². The average molecular weight is 246 g/mol. The highest BCUT2D eigenvalue weighted by Gasteiger charge is 2.17. The standard InChI is InChI=1S/C10H15FN2O2S/c1-3-4-13-16(14,15)10-6-9(12)8(11)5-7(10)2/h5-6,13H,3-4,12H2,1-2H3. The van der Waals surface area contributed by atoms with E-state index in [2.05, 4.69) is 4.72 Å². The minimum absolute atomic E-state index is 0.0276. The number of nitrogen functional groups attached to an aromatic ring is 1. The van der Waals surface area contributed by atoms with Gasteiger partial charge in [0.1, 0.15) is 5.82 Å². The Kier molecular flexibility index (Phi) is 3.88. The maximum Gasteiger partial charge on any atom is 0.240 e. The highest BCUT2D eigenvalue weighted by atomic mass is 32.2. The topological polar surface area (TPSA) is 72.2 Å². The fourth-order valence-electron chi connectivity index (χ4n) is 1.27. The minimum Gasteiger partial charge on any atom is -0.396 e. The number of benzene rings is 1. The number of nitrogens with one attached hydrogen (secondary N) is 1. The average Bonchev–Trinajstić information content (AvgIpc) is 2.20. The molecule has 16 heavy (non-hydrogen) atoms. The molecular weight excluding hydrogens is 231 g/mol. The maximum absolute atomic E-state index is 13.1. The molecule has 90 valence electrons. The van der Waals surface area contributed by atoms with Crippen LogP contribution in [0.5, 0.6) is 0 Å². The normalized spacial score (nSPS) is 11.7. The third kappa shape index (κ3) is 2.70. The Balaban J connectivity index is 3.18. The van der Waals surface area contributed by atoms with Gasteiger partial charge in [0.25, 0.3) is 0 Å². The SMILES string of the molecule is CCCNS(=O)(=O)c1cc(N)c(F)cc1C. The molecule has 0 aliphatic carbocycles. The van der Waals surface area contributed by atoms with E-state index in [-0.39, 0.29) is 10.6 Å². The Labute approximate surface area is 94.7 Å². The van der Waals surface area contributed by atoms with Crippen molar-refractivity contribution in [2.45, 2.75) is 25.2 Å². The molecule has 0 aromatic heterocycles. The highest BCUT2D eigenvalue weighted by molar-refractivity contribution is 7.89. The number of rotatable bonds is 4. The monoisotopic (exact) mass is 246 g/mol. The third-order valence-electron chi connectivity index (χ3n) is 2.13. The van der Waals surface area contributed by atoms with Gasteiger partial charge in [0.15, 0.2) is 0 Å². The van der Waals surface area contributed by atoms with E-state index in [0.29, 0.717) is 18.5 Å². The molecule has 0 bridgehead atoms. The lowest BCUT2D eigenvalue weighted by atomic mass is 10.2. The molecule has 1 rings (SSSR count). The second-order valence-corrected chi connectivity index (χ2v) is 5.27. The number of hydrogen-bond donors (Lipinski definition) is 2. The largest absolute Gasteiger partial charge is 0.396 e. The van der Waals surface area contributed by atoms with Crippen LogP contribution in [0.1, 0.15) is 18.9 Å². The van der Waals surface area contributed by atoms with Gasteiger partial charge < -0.3 is 5.73 Å². The van der Waals surface area contributed by atoms with Crippen LogP contribution in [-0.2, 0) is 10.0 Å². The molecule has 0 saturated heterocycles. The second-order valence-electron chi connectivity index (χ2n) is 3.54. The molecule has 0 amide bonds. The predicted octanol–water partition coefficient (Wildman–Crippen LogP) is 1.40. The fraction of sp³-hybridized carbons (Fsp3) is 0.400. The minimum atomic E-state index is -3.59. The lowest BCUT2D eigenvalue weighted by molar-refractivity contribution is 0.579. The molecule has 0 aliphatic rings. The van der Waals surface area contributed by atoms with Gasteiger partial charge in [-0.15, -0.1) is 0 Å². The first kappa shape index (κ1) is 12.9. The Morgan fingerprint density at radius 1 is 1.44 bits per heavy atom. The molecule has 4 nitrogen and oxygen atoms in total. The van der Waals surface area contributed by atoms with E-state index >= 15 is 0 Å². The van der Waals surface area contributed by atoms with Gasteiger partial charge in [-0.05, 0) is 31.0 Å². The molecule has 1 aromatic carbocycles. The van der Waals surface area contributed by atoms with Crippen LogP contribution in [0, 0.1) is 12.7 Å². The van der Waals surface area contributed by atoms with E-state index in [9.17, 15) is 12.8 Å². The summed E-state index contributed by atoms with van der Waals surface area (Å²) < 4.78 is 39.0. The van der Waals surface area contributed by atoms with E-state index in [4.69, 9.17) is 5.73 Å². The Bertz CT molecular complexity index is 486. The van der Waals surface area contributed by atoms with Gasteiger partial charge in [-0.1, -0.05) is 6.92 Å². The molecule has 0 spiro atoms. The first-order valence-corrected chi connectivity index (χ1v) is 6.42. The van der Waals surface area contributed by atoms with Crippen molar-refractivity contribution in [1.29, 1.82) is 0 Å². The number of aryl methyl sites for hydroxylation is 1. The molecule has 0 saturated carbocycles. The number of sulfonamides is 1. The zero-order valence-electron chi connectivity index (χ0n) is 9.25. The zero-order valence-corrected chi connectivity index (χ0v) is 10.1. The first-order chi connectivity index (χ1) is 7.38. The van der Waals surface area contributed by atoms with Crippen LogP contribution < -0.4 is 10.5 Å². The van der Waals surface area contributed by atoms with Crippen LogP contribution in [0.15, 0.2) is 17.0 Å². The van der Waals surface area contributed by atoms with Crippen molar-refractivity contribution in [3.63, 3.8) is 0 Å². The molecule has 0 unspecified atom stereocenters. The Morgan fingerprint density at radius 2 is 2.06 bits per heavy atom. The number of nitrogens with two attached hydrogens (primary N) is 1. The fourth-order valence-corrected chi connectivity index (χ4v) is 2.67. The van der Waals surface area contributed by atoms with Crippen LogP contribution in [-0.4, -0.2) is 15.0 Å². The van der Waals surface area contributed by atoms with Gasteiger partial charge in [-0.2, -0.15) is 0 Å². The lowest BCUT2D eigenvalue weighted by Gasteiger charge is -2.09. The van der Waals surface area contributed by atoms with Gasteiger partial charge in [0, 0.05) is 6.54 Å². The van der Waals surface area contributed by atoms with Gasteiger partial charge in [-0.3, -0.25) is 0 Å². The van der Waals surface area contributed by atoms with Crippen LogP contribution in [0.4, 0.5) is 10.1 Å². The molecule has 3 N–H and O–H groups in total. The summed E-state index contributed by atoms with van der Waals surface area (Å²) in [6.07, 6.45) is 0.689. The van der Waals surface area contributed by atoms with Crippen molar-refractivity contribution in [3.8, 4) is 0 Å². The quantitative estimate of drug-likeness (QED) is 0.789. The number of halogens is 1. The molecule has 1 aromatic rings. The summed E-state index contributed by atoms with van der Waals surface area (Å²) in [6.45, 7) is 3.73. The summed E-state index contributed by atoms with van der Waals surface area (Å²) in [7, 11) is -3.59. The van der Waals surface area contributed by atoms with Gasteiger partial charge in [0.2, 0.25) is 10.0 Å². The van der Waals surface area contributed by atoms with E-state index in [1.54, 1.807) is 0 Å². The zero-order chi connectivity index (χ0) is 12.3. The highest BCUT2D eigenvalue weighted by Crippen LogP contribution is 2.21.